The molecule has 0 aliphatic heterocycles. The maximum absolute atomic E-state index is 12.1. The zero-order valence-electron chi connectivity index (χ0n) is 15.0. The third kappa shape index (κ3) is 7.32. The lowest BCUT2D eigenvalue weighted by Gasteiger charge is -2.16. The minimum absolute atomic E-state index is 0.0246. The maximum atomic E-state index is 12.1. The van der Waals surface area contributed by atoms with Crippen LogP contribution in [0.1, 0.15) is 49.4 Å². The molecule has 1 aliphatic carbocycles. The zero-order chi connectivity index (χ0) is 19.9. The second-order valence-corrected chi connectivity index (χ2v) is 6.27. The van der Waals surface area contributed by atoms with Gasteiger partial charge in [0.25, 0.3) is 5.91 Å². The Bertz CT molecular complexity index is 683. The number of alkyl halides is 3. The molecule has 0 fully saturated rings. The monoisotopic (exact) mass is 385 g/mol. The molecule has 148 valence electrons. The van der Waals surface area contributed by atoms with E-state index >= 15 is 0 Å². The molecule has 0 bridgehead atoms. The van der Waals surface area contributed by atoms with Crippen molar-refractivity contribution in [2.75, 3.05) is 6.54 Å². The molecule has 8 heteroatoms. The highest BCUT2D eigenvalue weighted by molar-refractivity contribution is 5.92. The lowest BCUT2D eigenvalue weighted by atomic mass is 9.97. The number of esters is 1. The van der Waals surface area contributed by atoms with Crippen LogP contribution in [-0.2, 0) is 9.53 Å². The van der Waals surface area contributed by atoms with E-state index in [1.165, 1.54) is 25.3 Å². The van der Waals surface area contributed by atoms with E-state index in [0.29, 0.717) is 6.54 Å². The number of ether oxygens (including phenoxy) is 2. The van der Waals surface area contributed by atoms with Gasteiger partial charge < -0.3 is 14.8 Å². The molecule has 1 amide bonds. The Morgan fingerprint density at radius 3 is 2.48 bits per heavy atom. The molecule has 5 nitrogen and oxygen atoms in total. The molecule has 2 rings (SSSR count). The quantitative estimate of drug-likeness (QED) is 0.566. The van der Waals surface area contributed by atoms with Crippen LogP contribution in [0, 0.1) is 0 Å². The highest BCUT2D eigenvalue weighted by atomic mass is 19.4. The lowest BCUT2D eigenvalue weighted by Crippen LogP contribution is -2.36. The van der Waals surface area contributed by atoms with E-state index < -0.39 is 30.1 Å². The van der Waals surface area contributed by atoms with Gasteiger partial charge in [-0.15, -0.1) is 13.2 Å². The van der Waals surface area contributed by atoms with Crippen molar-refractivity contribution in [3.05, 3.63) is 41.5 Å². The van der Waals surface area contributed by atoms with Crippen molar-refractivity contribution < 1.29 is 32.2 Å². The summed E-state index contributed by atoms with van der Waals surface area (Å²) in [5.74, 6) is -1.66. The number of carbonyl (C=O) groups excluding carboxylic acids is 2. The molecule has 0 saturated carbocycles. The summed E-state index contributed by atoms with van der Waals surface area (Å²) in [5.41, 5.74) is 1.35. The second-order valence-electron chi connectivity index (χ2n) is 6.27. The van der Waals surface area contributed by atoms with Gasteiger partial charge in [-0.1, -0.05) is 11.6 Å². The Morgan fingerprint density at radius 1 is 1.19 bits per heavy atom. The van der Waals surface area contributed by atoms with Gasteiger partial charge >= 0.3 is 12.3 Å². The van der Waals surface area contributed by atoms with Gasteiger partial charge in [0.15, 0.2) is 6.10 Å². The van der Waals surface area contributed by atoms with E-state index in [9.17, 15) is 22.8 Å². The highest BCUT2D eigenvalue weighted by Gasteiger charge is 2.31. The normalized spacial score (nSPS) is 15.5. The average molecular weight is 385 g/mol. The first kappa shape index (κ1) is 20.8. The first-order valence-electron chi connectivity index (χ1n) is 8.77. The van der Waals surface area contributed by atoms with Gasteiger partial charge in [0.2, 0.25) is 0 Å². The molecule has 1 atom stereocenters. The van der Waals surface area contributed by atoms with Gasteiger partial charge in [0.1, 0.15) is 5.75 Å². The van der Waals surface area contributed by atoms with Crippen molar-refractivity contribution in [1.29, 1.82) is 0 Å². The van der Waals surface area contributed by atoms with E-state index in [0.717, 1.165) is 43.5 Å². The Morgan fingerprint density at radius 2 is 1.89 bits per heavy atom. The summed E-state index contributed by atoms with van der Waals surface area (Å²) in [6, 6.07) is 4.30. The molecule has 0 radical (unpaired) electrons. The average Bonchev–Trinajstić information content (AvgIpc) is 2.61. The summed E-state index contributed by atoms with van der Waals surface area (Å²) in [7, 11) is 0. The molecule has 27 heavy (non-hydrogen) atoms. The molecule has 1 aromatic carbocycles. The van der Waals surface area contributed by atoms with Crippen molar-refractivity contribution >= 4 is 11.9 Å². The molecule has 1 N–H and O–H groups in total. The van der Waals surface area contributed by atoms with Gasteiger partial charge in [-0.25, -0.2) is 4.79 Å². The number of rotatable bonds is 7. The van der Waals surface area contributed by atoms with Crippen molar-refractivity contribution in [2.24, 2.45) is 0 Å². The number of hydrogen-bond acceptors (Lipinski definition) is 4. The number of amides is 1. The minimum Gasteiger partial charge on any atom is -0.449 e. The van der Waals surface area contributed by atoms with E-state index in [1.807, 2.05) is 0 Å². The molecule has 0 unspecified atom stereocenters. The summed E-state index contributed by atoms with van der Waals surface area (Å²) < 4.78 is 45.1. The summed E-state index contributed by atoms with van der Waals surface area (Å²) in [6.07, 6.45) is 1.65. The third-order valence-corrected chi connectivity index (χ3v) is 4.11. The van der Waals surface area contributed by atoms with Crippen LogP contribution in [0.3, 0.4) is 0 Å². The van der Waals surface area contributed by atoms with Crippen LogP contribution >= 0.6 is 0 Å². The maximum Gasteiger partial charge on any atom is 0.573 e. The number of nitrogens with one attached hydrogen (secondary N) is 1. The fourth-order valence-electron chi connectivity index (χ4n) is 2.70. The summed E-state index contributed by atoms with van der Waals surface area (Å²) >= 11 is 0. The lowest BCUT2D eigenvalue weighted by molar-refractivity contribution is -0.274. The Hall–Kier alpha value is -2.51. The smallest absolute Gasteiger partial charge is 0.449 e. The first-order valence-corrected chi connectivity index (χ1v) is 8.77. The predicted octanol–water partition coefficient (Wildman–Crippen LogP) is 4.14. The predicted molar refractivity (Wildman–Crippen MR) is 92.2 cm³/mol. The Labute approximate surface area is 155 Å². The number of hydrogen-bond donors (Lipinski definition) is 1. The summed E-state index contributed by atoms with van der Waals surface area (Å²) in [5, 5.41) is 2.72. The van der Waals surface area contributed by atoms with Crippen LogP contribution in [0.5, 0.6) is 5.75 Å². The van der Waals surface area contributed by atoms with Gasteiger partial charge in [0, 0.05) is 6.54 Å². The number of benzene rings is 1. The van der Waals surface area contributed by atoms with Gasteiger partial charge in [0.05, 0.1) is 5.56 Å². The van der Waals surface area contributed by atoms with Crippen LogP contribution in [0.25, 0.3) is 0 Å². The number of halogens is 3. The van der Waals surface area contributed by atoms with Crippen LogP contribution < -0.4 is 10.1 Å². The number of carbonyl (C=O) groups is 2. The van der Waals surface area contributed by atoms with Crippen LogP contribution in [0.4, 0.5) is 13.2 Å². The molecule has 0 aromatic heterocycles. The Balaban J connectivity index is 1.78. The largest absolute Gasteiger partial charge is 0.573 e. The fourth-order valence-corrected chi connectivity index (χ4v) is 2.70. The zero-order valence-corrected chi connectivity index (χ0v) is 15.0. The molecule has 0 saturated heterocycles. The molecule has 1 aliphatic rings. The van der Waals surface area contributed by atoms with Gasteiger partial charge in [-0.05, 0) is 63.3 Å². The highest BCUT2D eigenvalue weighted by Crippen LogP contribution is 2.23. The van der Waals surface area contributed by atoms with Gasteiger partial charge in [-0.2, -0.15) is 0 Å². The minimum atomic E-state index is -4.80. The van der Waals surface area contributed by atoms with Crippen LogP contribution in [-0.4, -0.2) is 30.9 Å². The van der Waals surface area contributed by atoms with Crippen molar-refractivity contribution in [3.8, 4) is 5.75 Å². The molecule has 0 spiro atoms. The fraction of sp³-hybridized carbons (Fsp3) is 0.474. The van der Waals surface area contributed by atoms with E-state index in [1.54, 1.807) is 0 Å². The third-order valence-electron chi connectivity index (χ3n) is 4.11. The second kappa shape index (κ2) is 9.43. The summed E-state index contributed by atoms with van der Waals surface area (Å²) in [6.45, 7) is 1.91. The molecular weight excluding hydrogens is 363 g/mol. The summed E-state index contributed by atoms with van der Waals surface area (Å²) in [4.78, 5) is 24.0. The van der Waals surface area contributed by atoms with Gasteiger partial charge in [-0.3, -0.25) is 4.79 Å². The SMILES string of the molecule is C[C@H](OC(=O)c1ccc(OC(F)(F)F)cc1)C(=O)NCCC1=CCCCC1. The molecule has 1 aromatic rings. The molecular formula is C19H22F3NO4. The first-order chi connectivity index (χ1) is 12.7. The molecule has 0 heterocycles. The standard InChI is InChI=1S/C19H22F3NO4/c1-13(17(24)23-12-11-14-5-3-2-4-6-14)26-18(25)15-7-9-16(10-8-15)27-19(20,21)22/h5,7-10,13H,2-4,6,11-12H2,1H3,(H,23,24)/t13-/m0/s1. The van der Waals surface area contributed by atoms with Crippen molar-refractivity contribution in [3.63, 3.8) is 0 Å². The van der Waals surface area contributed by atoms with Crippen LogP contribution in [0.2, 0.25) is 0 Å². The van der Waals surface area contributed by atoms with Crippen molar-refractivity contribution in [1.82, 2.24) is 5.32 Å². The topological polar surface area (TPSA) is 64.6 Å². The van der Waals surface area contributed by atoms with E-state index in [2.05, 4.69) is 16.1 Å². The van der Waals surface area contributed by atoms with E-state index in [4.69, 9.17) is 4.74 Å². The van der Waals surface area contributed by atoms with Crippen LogP contribution in [0.15, 0.2) is 35.9 Å². The van der Waals surface area contributed by atoms with E-state index in [-0.39, 0.29) is 5.56 Å². The van der Waals surface area contributed by atoms with Crippen molar-refractivity contribution in [2.45, 2.75) is 51.5 Å². The number of allylic oxidation sites excluding steroid dienone is 1. The Kier molecular flexibility index (Phi) is 7.27.